The average molecular weight is 422 g/mol. The number of hydrogen-bond acceptors (Lipinski definition) is 5. The normalized spacial score (nSPS) is 11.0. The molecule has 7 heteroatoms. The van der Waals surface area contributed by atoms with Crippen LogP contribution < -0.4 is 10.9 Å². The van der Waals surface area contributed by atoms with E-state index in [4.69, 9.17) is 0 Å². The largest absolute Gasteiger partial charge is 0.325 e. The Morgan fingerprint density at radius 3 is 2.52 bits per heavy atom. The Morgan fingerprint density at radius 1 is 1.07 bits per heavy atom. The van der Waals surface area contributed by atoms with Crippen LogP contribution in [-0.4, -0.2) is 21.2 Å². The minimum absolute atomic E-state index is 0.117. The summed E-state index contributed by atoms with van der Waals surface area (Å²) in [5, 5.41) is 5.34. The van der Waals surface area contributed by atoms with Gasteiger partial charge in [0.05, 0.1) is 17.0 Å². The Bertz CT molecular complexity index is 1230. The molecule has 1 N–H and O–H groups in total. The van der Waals surface area contributed by atoms with Crippen molar-refractivity contribution in [3.8, 4) is 5.69 Å². The van der Waals surface area contributed by atoms with Gasteiger partial charge in [0.15, 0.2) is 5.16 Å². The molecular weight excluding hydrogens is 402 g/mol. The van der Waals surface area contributed by atoms with Gasteiger partial charge in [-0.3, -0.25) is 14.2 Å². The summed E-state index contributed by atoms with van der Waals surface area (Å²) in [4.78, 5) is 30.3. The van der Waals surface area contributed by atoms with Crippen LogP contribution in [-0.2, 0) is 4.79 Å². The third-order valence-corrected chi connectivity index (χ3v) is 6.37. The number of carbonyl (C=O) groups excluding carboxylic acids is 1. The van der Waals surface area contributed by atoms with E-state index in [1.165, 1.54) is 23.1 Å². The monoisotopic (exact) mass is 421 g/mol. The lowest BCUT2D eigenvalue weighted by atomic mass is 10.1. The zero-order valence-electron chi connectivity index (χ0n) is 16.0. The topological polar surface area (TPSA) is 64.0 Å². The van der Waals surface area contributed by atoms with Crippen LogP contribution in [0.5, 0.6) is 0 Å². The first-order chi connectivity index (χ1) is 14.0. The lowest BCUT2D eigenvalue weighted by Gasteiger charge is -2.13. The molecular formula is C22H19N3O2S2. The quantitative estimate of drug-likeness (QED) is 0.372. The summed E-state index contributed by atoms with van der Waals surface area (Å²) in [5.74, 6) is 0.0227. The number of carbonyl (C=O) groups is 1. The van der Waals surface area contributed by atoms with E-state index in [2.05, 4.69) is 10.3 Å². The van der Waals surface area contributed by atoms with Crippen molar-refractivity contribution in [2.24, 2.45) is 0 Å². The number of anilines is 1. The number of benzene rings is 2. The number of fused-ring (bicyclic) bond motifs is 1. The molecule has 4 rings (SSSR count). The van der Waals surface area contributed by atoms with Crippen LogP contribution in [0.3, 0.4) is 0 Å². The summed E-state index contributed by atoms with van der Waals surface area (Å²) in [6.45, 7) is 3.93. The maximum Gasteiger partial charge on any atom is 0.276 e. The van der Waals surface area contributed by atoms with Crippen LogP contribution in [0.2, 0.25) is 0 Å². The minimum Gasteiger partial charge on any atom is -0.325 e. The van der Waals surface area contributed by atoms with Gasteiger partial charge in [-0.1, -0.05) is 48.2 Å². The average Bonchev–Trinajstić information content (AvgIpc) is 3.19. The minimum atomic E-state index is -0.133. The van der Waals surface area contributed by atoms with Crippen molar-refractivity contribution in [3.63, 3.8) is 0 Å². The molecule has 29 heavy (non-hydrogen) atoms. The predicted molar refractivity (Wildman–Crippen MR) is 120 cm³/mol. The van der Waals surface area contributed by atoms with Crippen molar-refractivity contribution >= 4 is 44.9 Å². The van der Waals surface area contributed by atoms with Crippen LogP contribution in [0.25, 0.3) is 15.9 Å². The van der Waals surface area contributed by atoms with Gasteiger partial charge in [-0.15, -0.1) is 11.3 Å². The summed E-state index contributed by atoms with van der Waals surface area (Å²) >= 11 is 2.63. The van der Waals surface area contributed by atoms with Gasteiger partial charge in [0, 0.05) is 5.69 Å². The molecule has 4 aromatic rings. The number of para-hydroxylation sites is 2. The molecule has 0 aliphatic rings. The van der Waals surface area contributed by atoms with Gasteiger partial charge in [-0.05, 0) is 48.6 Å². The van der Waals surface area contributed by atoms with Gasteiger partial charge in [0.2, 0.25) is 5.91 Å². The van der Waals surface area contributed by atoms with E-state index >= 15 is 0 Å². The second-order valence-corrected chi connectivity index (χ2v) is 8.47. The molecule has 2 heterocycles. The van der Waals surface area contributed by atoms with E-state index in [0.717, 1.165) is 22.5 Å². The first kappa shape index (κ1) is 19.4. The third kappa shape index (κ3) is 3.97. The molecule has 0 unspecified atom stereocenters. The van der Waals surface area contributed by atoms with Crippen LogP contribution in [0.4, 0.5) is 5.69 Å². The maximum absolute atomic E-state index is 13.1. The Hall–Kier alpha value is -2.90. The summed E-state index contributed by atoms with van der Waals surface area (Å²) in [6, 6.07) is 17.1. The molecule has 0 atom stereocenters. The highest BCUT2D eigenvalue weighted by molar-refractivity contribution is 7.99. The lowest BCUT2D eigenvalue weighted by Crippen LogP contribution is -2.22. The molecule has 0 bridgehead atoms. The zero-order chi connectivity index (χ0) is 20.4. The van der Waals surface area contributed by atoms with E-state index in [0.29, 0.717) is 15.4 Å². The number of nitrogens with zero attached hydrogens (tertiary/aromatic N) is 2. The van der Waals surface area contributed by atoms with Crippen molar-refractivity contribution < 1.29 is 4.79 Å². The van der Waals surface area contributed by atoms with E-state index in [1.807, 2.05) is 73.8 Å². The maximum atomic E-state index is 13.1. The van der Waals surface area contributed by atoms with Gasteiger partial charge in [0.1, 0.15) is 4.70 Å². The summed E-state index contributed by atoms with van der Waals surface area (Å²) in [7, 11) is 0. The molecule has 146 valence electrons. The Kier molecular flexibility index (Phi) is 5.51. The first-order valence-electron chi connectivity index (χ1n) is 9.09. The van der Waals surface area contributed by atoms with E-state index in [9.17, 15) is 9.59 Å². The Labute approximate surface area is 176 Å². The highest BCUT2D eigenvalue weighted by atomic mass is 32.2. The molecule has 5 nitrogen and oxygen atoms in total. The highest BCUT2D eigenvalue weighted by Gasteiger charge is 2.16. The number of nitrogens with one attached hydrogen (secondary N) is 1. The fraction of sp³-hybridized carbons (Fsp3) is 0.136. The standard InChI is InChI=1S/C22H19N3O2S2/c1-14-7-6-8-15(2)19(14)24-18(26)13-29-22-23-17-11-12-28-20(17)21(27)25(22)16-9-4-3-5-10-16/h3-12H,13H2,1-2H3,(H,24,26). The van der Waals surface area contributed by atoms with E-state index < -0.39 is 0 Å². The molecule has 2 aromatic carbocycles. The fourth-order valence-electron chi connectivity index (χ4n) is 3.11. The molecule has 0 saturated heterocycles. The van der Waals surface area contributed by atoms with Crippen molar-refractivity contribution in [1.82, 2.24) is 9.55 Å². The molecule has 0 radical (unpaired) electrons. The Balaban J connectivity index is 1.64. The third-order valence-electron chi connectivity index (χ3n) is 4.54. The summed E-state index contributed by atoms with van der Waals surface area (Å²) in [6.07, 6.45) is 0. The van der Waals surface area contributed by atoms with Crippen molar-refractivity contribution in [1.29, 1.82) is 0 Å². The van der Waals surface area contributed by atoms with Crippen LogP contribution in [0, 0.1) is 13.8 Å². The first-order valence-corrected chi connectivity index (χ1v) is 11.0. The van der Waals surface area contributed by atoms with Crippen molar-refractivity contribution in [3.05, 3.63) is 81.5 Å². The van der Waals surface area contributed by atoms with E-state index in [-0.39, 0.29) is 17.2 Å². The summed E-state index contributed by atoms with van der Waals surface area (Å²) in [5.41, 5.74) is 4.14. The summed E-state index contributed by atoms with van der Waals surface area (Å²) < 4.78 is 2.19. The van der Waals surface area contributed by atoms with Gasteiger partial charge >= 0.3 is 0 Å². The zero-order valence-corrected chi connectivity index (χ0v) is 17.6. The van der Waals surface area contributed by atoms with Crippen molar-refractivity contribution in [2.45, 2.75) is 19.0 Å². The number of thioether (sulfide) groups is 1. The SMILES string of the molecule is Cc1cccc(C)c1NC(=O)CSc1nc2ccsc2c(=O)n1-c1ccccc1. The fourth-order valence-corrected chi connectivity index (χ4v) is 4.68. The Morgan fingerprint density at radius 2 is 1.79 bits per heavy atom. The number of amides is 1. The van der Waals surface area contributed by atoms with E-state index in [1.54, 1.807) is 4.57 Å². The van der Waals surface area contributed by atoms with Gasteiger partial charge in [-0.2, -0.15) is 0 Å². The second-order valence-electron chi connectivity index (χ2n) is 6.61. The van der Waals surface area contributed by atoms with Gasteiger partial charge in [0.25, 0.3) is 5.56 Å². The van der Waals surface area contributed by atoms with Crippen LogP contribution in [0.1, 0.15) is 11.1 Å². The molecule has 0 fully saturated rings. The number of aryl methyl sites for hydroxylation is 2. The van der Waals surface area contributed by atoms with Gasteiger partial charge in [-0.25, -0.2) is 4.98 Å². The lowest BCUT2D eigenvalue weighted by molar-refractivity contribution is -0.113. The number of hydrogen-bond donors (Lipinski definition) is 1. The number of thiophene rings is 1. The van der Waals surface area contributed by atoms with Gasteiger partial charge < -0.3 is 5.32 Å². The van der Waals surface area contributed by atoms with Crippen molar-refractivity contribution in [2.75, 3.05) is 11.1 Å². The predicted octanol–water partition coefficient (Wildman–Crippen LogP) is 4.79. The smallest absolute Gasteiger partial charge is 0.276 e. The molecule has 0 aliphatic heterocycles. The molecule has 0 aliphatic carbocycles. The number of rotatable bonds is 5. The molecule has 2 aromatic heterocycles. The van der Waals surface area contributed by atoms with Crippen LogP contribution in [0.15, 0.2) is 69.9 Å². The molecule has 1 amide bonds. The molecule has 0 saturated carbocycles. The highest BCUT2D eigenvalue weighted by Crippen LogP contribution is 2.24. The second kappa shape index (κ2) is 8.23. The van der Waals surface area contributed by atoms with Crippen LogP contribution >= 0.6 is 23.1 Å². The number of aromatic nitrogens is 2. The molecule has 0 spiro atoms.